The Morgan fingerprint density at radius 1 is 1.14 bits per heavy atom. The number of hydrogen-bond donors (Lipinski definition) is 0. The molecule has 1 fully saturated rings. The summed E-state index contributed by atoms with van der Waals surface area (Å²) in [6, 6.07) is 13.2. The molecule has 1 aromatic carbocycles. The molecular formula is C27H31N. The number of rotatable bonds is 5. The molecule has 3 atom stereocenters. The summed E-state index contributed by atoms with van der Waals surface area (Å²) in [5, 5.41) is 0. The van der Waals surface area contributed by atoms with E-state index in [1.165, 1.54) is 34.3 Å². The Bertz CT molecular complexity index is 927. The zero-order valence-corrected chi connectivity index (χ0v) is 17.6. The number of hydrogen-bond acceptors (Lipinski definition) is 1. The fraction of sp³-hybridized carbons (Fsp3) is 0.370. The van der Waals surface area contributed by atoms with Crippen LogP contribution in [0.25, 0.3) is 11.1 Å². The fourth-order valence-corrected chi connectivity index (χ4v) is 5.07. The zero-order chi connectivity index (χ0) is 19.7. The lowest BCUT2D eigenvalue weighted by Gasteiger charge is -2.32. The van der Waals surface area contributed by atoms with Gasteiger partial charge in [0.2, 0.25) is 0 Å². The minimum Gasteiger partial charge on any atom is -0.257 e. The number of aromatic nitrogens is 1. The minimum absolute atomic E-state index is 0.276. The van der Waals surface area contributed by atoms with Crippen LogP contribution in [0.1, 0.15) is 55.5 Å². The van der Waals surface area contributed by atoms with E-state index in [0.29, 0.717) is 5.92 Å². The van der Waals surface area contributed by atoms with Gasteiger partial charge in [-0.3, -0.25) is 4.98 Å². The van der Waals surface area contributed by atoms with Gasteiger partial charge in [-0.05, 0) is 79.2 Å². The van der Waals surface area contributed by atoms with Crippen molar-refractivity contribution < 1.29 is 0 Å². The van der Waals surface area contributed by atoms with Crippen LogP contribution in [0.4, 0.5) is 0 Å². The number of aryl methyl sites for hydroxylation is 2. The van der Waals surface area contributed by atoms with Gasteiger partial charge in [0.05, 0.1) is 5.69 Å². The maximum absolute atomic E-state index is 4.80. The third kappa shape index (κ3) is 3.39. The summed E-state index contributed by atoms with van der Waals surface area (Å²) in [7, 11) is 0. The summed E-state index contributed by atoms with van der Waals surface area (Å²) >= 11 is 0. The van der Waals surface area contributed by atoms with Crippen molar-refractivity contribution in [3.05, 3.63) is 89.3 Å². The molecule has 3 unspecified atom stereocenters. The molecule has 1 heteroatoms. The summed E-state index contributed by atoms with van der Waals surface area (Å²) in [4.78, 5) is 4.80. The molecule has 0 spiro atoms. The topological polar surface area (TPSA) is 12.9 Å². The monoisotopic (exact) mass is 369 g/mol. The minimum atomic E-state index is 0.276. The van der Waals surface area contributed by atoms with Gasteiger partial charge in [-0.2, -0.15) is 0 Å². The number of pyridine rings is 1. The lowest BCUT2D eigenvalue weighted by molar-refractivity contribution is 0.438. The van der Waals surface area contributed by atoms with E-state index in [9.17, 15) is 0 Å². The van der Waals surface area contributed by atoms with Crippen LogP contribution >= 0.6 is 0 Å². The van der Waals surface area contributed by atoms with Crippen molar-refractivity contribution in [1.82, 2.24) is 4.98 Å². The molecule has 1 nitrogen and oxygen atoms in total. The number of allylic oxidation sites excluding steroid dienone is 6. The molecule has 0 N–H and O–H groups in total. The molecule has 2 aliphatic carbocycles. The molecule has 1 saturated carbocycles. The molecule has 28 heavy (non-hydrogen) atoms. The van der Waals surface area contributed by atoms with Gasteiger partial charge in [-0.15, -0.1) is 0 Å². The van der Waals surface area contributed by atoms with Gasteiger partial charge in [0, 0.05) is 6.20 Å². The van der Waals surface area contributed by atoms with Crippen LogP contribution in [0.2, 0.25) is 0 Å². The van der Waals surface area contributed by atoms with Gasteiger partial charge in [0.1, 0.15) is 0 Å². The second-order valence-corrected chi connectivity index (χ2v) is 8.64. The second kappa shape index (κ2) is 7.54. The predicted molar refractivity (Wildman–Crippen MR) is 120 cm³/mol. The zero-order valence-electron chi connectivity index (χ0n) is 17.6. The molecular weight excluding hydrogens is 338 g/mol. The van der Waals surface area contributed by atoms with Gasteiger partial charge in [0.15, 0.2) is 0 Å². The predicted octanol–water partition coefficient (Wildman–Crippen LogP) is 7.18. The van der Waals surface area contributed by atoms with E-state index in [1.54, 1.807) is 0 Å². The Balaban J connectivity index is 1.92. The molecule has 1 heterocycles. The highest BCUT2D eigenvalue weighted by Crippen LogP contribution is 2.64. The summed E-state index contributed by atoms with van der Waals surface area (Å²) in [6.07, 6.45) is 15.0. The van der Waals surface area contributed by atoms with Gasteiger partial charge in [-0.25, -0.2) is 0 Å². The summed E-state index contributed by atoms with van der Waals surface area (Å²) < 4.78 is 0. The number of nitrogens with zero attached hydrogens (tertiary/aromatic N) is 1. The molecule has 144 valence electrons. The molecule has 4 rings (SSSR count). The highest BCUT2D eigenvalue weighted by atomic mass is 14.7. The van der Waals surface area contributed by atoms with E-state index in [0.717, 1.165) is 24.5 Å². The third-order valence-corrected chi connectivity index (χ3v) is 6.50. The average Bonchev–Trinajstić information content (AvgIpc) is 3.36. The first-order valence-electron chi connectivity index (χ1n) is 10.6. The molecule has 0 aliphatic heterocycles. The van der Waals surface area contributed by atoms with E-state index in [4.69, 9.17) is 4.98 Å². The van der Waals surface area contributed by atoms with Crippen LogP contribution in [-0.2, 0) is 0 Å². The normalized spacial score (nSPS) is 26.9. The molecule has 0 amide bonds. The van der Waals surface area contributed by atoms with Crippen LogP contribution in [-0.4, -0.2) is 4.98 Å². The SMILES string of the molecule is CCC=CC1(C2CC=CC(c3cc(C)cc(C)c3)=C2c2ccccn2)CC1C. The summed E-state index contributed by atoms with van der Waals surface area (Å²) in [6.45, 7) is 9.02. The fourth-order valence-electron chi connectivity index (χ4n) is 5.07. The van der Waals surface area contributed by atoms with Crippen LogP contribution in [0, 0.1) is 31.1 Å². The smallest absolute Gasteiger partial charge is 0.0671 e. The number of benzene rings is 1. The summed E-state index contributed by atoms with van der Waals surface area (Å²) in [5.41, 5.74) is 8.15. The Morgan fingerprint density at radius 2 is 1.89 bits per heavy atom. The first kappa shape index (κ1) is 18.9. The molecule has 1 aromatic heterocycles. The maximum Gasteiger partial charge on any atom is 0.0671 e. The van der Waals surface area contributed by atoms with Crippen LogP contribution in [0.3, 0.4) is 0 Å². The van der Waals surface area contributed by atoms with E-state index in [2.05, 4.69) is 82.3 Å². The van der Waals surface area contributed by atoms with Crippen molar-refractivity contribution in [2.75, 3.05) is 0 Å². The molecule has 2 aromatic rings. The molecule has 0 bridgehead atoms. The van der Waals surface area contributed by atoms with E-state index < -0.39 is 0 Å². The first-order chi connectivity index (χ1) is 13.5. The van der Waals surface area contributed by atoms with E-state index in [1.807, 2.05) is 12.3 Å². The van der Waals surface area contributed by atoms with Crippen LogP contribution in [0.15, 0.2) is 66.9 Å². The maximum atomic E-state index is 4.80. The standard InChI is InChI=1S/C27H31N/c1-5-6-13-27(18-21(27)4)24-11-9-10-23(22-16-19(2)15-20(3)17-22)26(24)25-12-7-8-14-28-25/h6-10,12-17,21,24H,5,11,18H2,1-4H3. The first-order valence-corrected chi connectivity index (χ1v) is 10.6. The average molecular weight is 370 g/mol. The van der Waals surface area contributed by atoms with Gasteiger partial charge in [-0.1, -0.05) is 73.5 Å². The Hall–Kier alpha value is -2.41. The molecule has 2 aliphatic rings. The third-order valence-electron chi connectivity index (χ3n) is 6.50. The Morgan fingerprint density at radius 3 is 2.50 bits per heavy atom. The van der Waals surface area contributed by atoms with E-state index in [-0.39, 0.29) is 5.41 Å². The highest BCUT2D eigenvalue weighted by molar-refractivity contribution is 5.97. The van der Waals surface area contributed by atoms with Crippen LogP contribution < -0.4 is 0 Å². The van der Waals surface area contributed by atoms with Crippen molar-refractivity contribution in [1.29, 1.82) is 0 Å². The quantitative estimate of drug-likeness (QED) is 0.509. The van der Waals surface area contributed by atoms with Crippen molar-refractivity contribution >= 4 is 11.1 Å². The molecule has 0 saturated heterocycles. The van der Waals surface area contributed by atoms with Gasteiger partial charge >= 0.3 is 0 Å². The largest absolute Gasteiger partial charge is 0.257 e. The lowest BCUT2D eigenvalue weighted by atomic mass is 9.72. The lowest BCUT2D eigenvalue weighted by Crippen LogP contribution is -2.21. The summed E-state index contributed by atoms with van der Waals surface area (Å²) in [5.74, 6) is 1.21. The van der Waals surface area contributed by atoms with Gasteiger partial charge in [0.25, 0.3) is 0 Å². The second-order valence-electron chi connectivity index (χ2n) is 8.64. The van der Waals surface area contributed by atoms with Crippen molar-refractivity contribution in [2.24, 2.45) is 17.3 Å². The molecule has 0 radical (unpaired) electrons. The highest BCUT2D eigenvalue weighted by Gasteiger charge is 2.55. The van der Waals surface area contributed by atoms with Gasteiger partial charge < -0.3 is 0 Å². The van der Waals surface area contributed by atoms with Crippen molar-refractivity contribution in [3.8, 4) is 0 Å². The van der Waals surface area contributed by atoms with Crippen LogP contribution in [0.5, 0.6) is 0 Å². The Labute approximate surface area is 169 Å². The Kier molecular flexibility index (Phi) is 5.10. The van der Waals surface area contributed by atoms with E-state index >= 15 is 0 Å². The van der Waals surface area contributed by atoms with Crippen molar-refractivity contribution in [2.45, 2.75) is 47.0 Å². The van der Waals surface area contributed by atoms with Crippen molar-refractivity contribution in [3.63, 3.8) is 0 Å².